The van der Waals surface area contributed by atoms with Gasteiger partial charge in [0.1, 0.15) is 0 Å². The molecule has 124 valence electrons. The smallest absolute Gasteiger partial charge is 0.206 e. The first-order chi connectivity index (χ1) is 10.6. The van der Waals surface area contributed by atoms with Crippen LogP contribution in [0.4, 0.5) is 0 Å². The Bertz CT molecular complexity index is 761. The van der Waals surface area contributed by atoms with Crippen LogP contribution in [-0.4, -0.2) is 8.42 Å². The van der Waals surface area contributed by atoms with Gasteiger partial charge in [0, 0.05) is 7.14 Å². The first-order valence-electron chi connectivity index (χ1n) is 7.48. The highest BCUT2D eigenvalue weighted by molar-refractivity contribution is 14.1. The van der Waals surface area contributed by atoms with E-state index in [4.69, 9.17) is 0 Å². The average Bonchev–Trinajstić information content (AvgIpc) is 2.47. The van der Waals surface area contributed by atoms with Crippen LogP contribution in [0.5, 0.6) is 0 Å². The Labute approximate surface area is 166 Å². The standard InChI is InChI=1S/C18H20I2O2S/c1-11(2)15-9-13(5-7-17(15)19)23(21,22)14-6-8-18(20)16(10-14)12(3)4/h5-12H,1-4H3. The van der Waals surface area contributed by atoms with Crippen LogP contribution in [0.2, 0.25) is 0 Å². The predicted octanol–water partition coefficient (Wildman–Crippen LogP) is 5.98. The molecule has 2 aromatic carbocycles. The molecule has 0 bridgehead atoms. The number of rotatable bonds is 4. The second-order valence-corrected chi connectivity index (χ2v) is 10.5. The lowest BCUT2D eigenvalue weighted by atomic mass is 10.0. The number of hydrogen-bond donors (Lipinski definition) is 0. The van der Waals surface area contributed by atoms with Crippen molar-refractivity contribution in [2.24, 2.45) is 0 Å². The van der Waals surface area contributed by atoms with Crippen molar-refractivity contribution in [2.75, 3.05) is 0 Å². The van der Waals surface area contributed by atoms with Gasteiger partial charge in [-0.15, -0.1) is 0 Å². The average molecular weight is 554 g/mol. The Morgan fingerprint density at radius 2 is 1.09 bits per heavy atom. The van der Waals surface area contributed by atoms with E-state index in [1.807, 2.05) is 24.3 Å². The number of halogens is 2. The van der Waals surface area contributed by atoms with E-state index in [1.165, 1.54) is 0 Å². The van der Waals surface area contributed by atoms with E-state index in [0.717, 1.165) is 18.3 Å². The molecule has 2 aromatic rings. The molecule has 0 aromatic heterocycles. The minimum absolute atomic E-state index is 0.292. The SMILES string of the molecule is CC(C)c1cc(S(=O)(=O)c2ccc(I)c(C(C)C)c2)ccc1I. The van der Waals surface area contributed by atoms with Gasteiger partial charge >= 0.3 is 0 Å². The molecule has 0 aliphatic carbocycles. The molecular weight excluding hydrogens is 534 g/mol. The van der Waals surface area contributed by atoms with Gasteiger partial charge in [-0.1, -0.05) is 27.7 Å². The highest BCUT2D eigenvalue weighted by Gasteiger charge is 2.21. The summed E-state index contributed by atoms with van der Waals surface area (Å²) in [6.07, 6.45) is 0. The zero-order valence-electron chi connectivity index (χ0n) is 13.6. The Morgan fingerprint density at radius 3 is 1.39 bits per heavy atom. The van der Waals surface area contributed by atoms with E-state index in [9.17, 15) is 8.42 Å². The molecule has 0 fully saturated rings. The normalized spacial score (nSPS) is 12.2. The van der Waals surface area contributed by atoms with Crippen molar-refractivity contribution in [2.45, 2.75) is 49.3 Å². The summed E-state index contributed by atoms with van der Waals surface area (Å²) < 4.78 is 28.2. The Balaban J connectivity index is 2.59. The summed E-state index contributed by atoms with van der Waals surface area (Å²) in [6.45, 7) is 8.32. The summed E-state index contributed by atoms with van der Waals surface area (Å²) in [5.41, 5.74) is 2.14. The van der Waals surface area contributed by atoms with E-state index in [0.29, 0.717) is 21.6 Å². The van der Waals surface area contributed by atoms with Crippen molar-refractivity contribution in [3.05, 3.63) is 54.7 Å². The van der Waals surface area contributed by atoms with Crippen LogP contribution < -0.4 is 0 Å². The van der Waals surface area contributed by atoms with Crippen LogP contribution in [0.3, 0.4) is 0 Å². The molecule has 0 aliphatic heterocycles. The van der Waals surface area contributed by atoms with Crippen molar-refractivity contribution >= 4 is 55.0 Å². The third-order valence-electron chi connectivity index (χ3n) is 3.80. The lowest BCUT2D eigenvalue weighted by molar-refractivity contribution is 0.595. The number of benzene rings is 2. The van der Waals surface area contributed by atoms with Gasteiger partial charge in [-0.3, -0.25) is 0 Å². The number of sulfone groups is 1. The van der Waals surface area contributed by atoms with Crippen molar-refractivity contribution < 1.29 is 8.42 Å². The lowest BCUT2D eigenvalue weighted by Gasteiger charge is -2.14. The topological polar surface area (TPSA) is 34.1 Å². The lowest BCUT2D eigenvalue weighted by Crippen LogP contribution is -2.06. The molecule has 0 aliphatic rings. The van der Waals surface area contributed by atoms with Gasteiger partial charge in [0.05, 0.1) is 9.79 Å². The van der Waals surface area contributed by atoms with Crippen molar-refractivity contribution in [1.29, 1.82) is 0 Å². The Kier molecular flexibility index (Phi) is 6.16. The molecular formula is C18H20I2O2S. The largest absolute Gasteiger partial charge is 0.219 e. The van der Waals surface area contributed by atoms with E-state index >= 15 is 0 Å². The van der Waals surface area contributed by atoms with E-state index in [1.54, 1.807) is 12.1 Å². The molecule has 0 spiro atoms. The monoisotopic (exact) mass is 554 g/mol. The van der Waals surface area contributed by atoms with Crippen LogP contribution in [0.1, 0.15) is 50.7 Å². The molecule has 2 nitrogen and oxygen atoms in total. The highest BCUT2D eigenvalue weighted by Crippen LogP contribution is 2.30. The summed E-state index contributed by atoms with van der Waals surface area (Å²) in [4.78, 5) is 0.745. The highest BCUT2D eigenvalue weighted by atomic mass is 127. The van der Waals surface area contributed by atoms with Crippen LogP contribution in [-0.2, 0) is 9.84 Å². The fourth-order valence-corrected chi connectivity index (χ4v) is 5.65. The molecule has 0 heterocycles. The molecule has 0 unspecified atom stereocenters. The van der Waals surface area contributed by atoms with E-state index in [2.05, 4.69) is 72.9 Å². The van der Waals surface area contributed by atoms with Crippen molar-refractivity contribution in [3.63, 3.8) is 0 Å². The molecule has 2 rings (SSSR count). The third-order valence-corrected chi connectivity index (χ3v) is 7.51. The van der Waals surface area contributed by atoms with Gasteiger partial charge in [-0.25, -0.2) is 8.42 Å². The summed E-state index contributed by atoms with van der Waals surface area (Å²) >= 11 is 4.52. The minimum Gasteiger partial charge on any atom is -0.219 e. The summed E-state index contributed by atoms with van der Waals surface area (Å²) in [5, 5.41) is 0. The Hall–Kier alpha value is -0.150. The molecule has 0 atom stereocenters. The fourth-order valence-electron chi connectivity index (χ4n) is 2.40. The van der Waals surface area contributed by atoms with Gasteiger partial charge in [0.15, 0.2) is 0 Å². The molecule has 0 amide bonds. The molecule has 0 N–H and O–H groups in total. The van der Waals surface area contributed by atoms with Gasteiger partial charge in [0.2, 0.25) is 9.84 Å². The summed E-state index contributed by atoms with van der Waals surface area (Å²) in [6, 6.07) is 10.8. The fraction of sp³-hybridized carbons (Fsp3) is 0.333. The zero-order chi connectivity index (χ0) is 17.4. The maximum Gasteiger partial charge on any atom is 0.206 e. The maximum absolute atomic E-state index is 13.0. The first-order valence-corrected chi connectivity index (χ1v) is 11.1. The Morgan fingerprint density at radius 1 is 0.739 bits per heavy atom. The zero-order valence-corrected chi connectivity index (χ0v) is 18.7. The predicted molar refractivity (Wildman–Crippen MR) is 112 cm³/mol. The quantitative estimate of drug-likeness (QED) is 0.437. The third kappa shape index (κ3) is 4.10. The minimum atomic E-state index is -3.49. The van der Waals surface area contributed by atoms with Crippen LogP contribution in [0, 0.1) is 7.14 Å². The van der Waals surface area contributed by atoms with Crippen LogP contribution in [0.15, 0.2) is 46.2 Å². The van der Waals surface area contributed by atoms with E-state index < -0.39 is 9.84 Å². The summed E-state index contributed by atoms with van der Waals surface area (Å²) in [7, 11) is -3.49. The second kappa shape index (κ2) is 7.39. The molecule has 23 heavy (non-hydrogen) atoms. The second-order valence-electron chi connectivity index (χ2n) is 6.18. The number of hydrogen-bond acceptors (Lipinski definition) is 2. The van der Waals surface area contributed by atoms with E-state index in [-0.39, 0.29) is 0 Å². The molecule has 5 heteroatoms. The van der Waals surface area contributed by atoms with Gasteiger partial charge in [-0.2, -0.15) is 0 Å². The van der Waals surface area contributed by atoms with Gasteiger partial charge < -0.3 is 0 Å². The van der Waals surface area contributed by atoms with Gasteiger partial charge in [0.25, 0.3) is 0 Å². The van der Waals surface area contributed by atoms with Crippen molar-refractivity contribution in [1.82, 2.24) is 0 Å². The molecule has 0 saturated heterocycles. The molecule has 0 radical (unpaired) electrons. The van der Waals surface area contributed by atoms with Gasteiger partial charge in [-0.05, 0) is 105 Å². The first kappa shape index (κ1) is 19.2. The molecule has 0 saturated carbocycles. The maximum atomic E-state index is 13.0. The van der Waals surface area contributed by atoms with Crippen LogP contribution in [0.25, 0.3) is 0 Å². The van der Waals surface area contributed by atoms with Crippen LogP contribution >= 0.6 is 45.2 Å². The van der Waals surface area contributed by atoms with Crippen molar-refractivity contribution in [3.8, 4) is 0 Å². The summed E-state index contributed by atoms with van der Waals surface area (Å²) in [5.74, 6) is 0.583.